The third-order valence-electron chi connectivity index (χ3n) is 5.43. The van der Waals surface area contributed by atoms with Crippen LogP contribution in [0.3, 0.4) is 0 Å². The number of nitrogens with one attached hydrogen (secondary N) is 1. The quantitative estimate of drug-likeness (QED) is 0.380. The fourth-order valence-electron chi connectivity index (χ4n) is 3.67. The highest BCUT2D eigenvalue weighted by atomic mass is 35.5. The molecule has 1 fully saturated rings. The van der Waals surface area contributed by atoms with E-state index in [9.17, 15) is 20.4 Å². The van der Waals surface area contributed by atoms with Crippen LogP contribution in [-0.2, 0) is 11.2 Å². The Labute approximate surface area is 190 Å². The van der Waals surface area contributed by atoms with Crippen LogP contribution >= 0.6 is 11.6 Å². The first kappa shape index (κ1) is 22.6. The van der Waals surface area contributed by atoms with Crippen LogP contribution in [0.2, 0.25) is 5.02 Å². The number of aromatic nitrogens is 2. The summed E-state index contributed by atoms with van der Waals surface area (Å²) in [7, 11) is 0. The van der Waals surface area contributed by atoms with Gasteiger partial charge in [-0.3, -0.25) is 0 Å². The number of hydrogen-bond acceptors (Lipinski definition) is 8. The Morgan fingerprint density at radius 3 is 2.38 bits per heavy atom. The maximum Gasteiger partial charge on any atom is 0.153 e. The summed E-state index contributed by atoms with van der Waals surface area (Å²) < 4.78 is 5.64. The van der Waals surface area contributed by atoms with Crippen molar-refractivity contribution in [3.05, 3.63) is 82.5 Å². The summed E-state index contributed by atoms with van der Waals surface area (Å²) >= 11 is 6.37. The first-order valence-electron chi connectivity index (χ1n) is 10.2. The van der Waals surface area contributed by atoms with Gasteiger partial charge in [-0.1, -0.05) is 41.9 Å². The second kappa shape index (κ2) is 9.91. The van der Waals surface area contributed by atoms with E-state index >= 15 is 0 Å². The van der Waals surface area contributed by atoms with Gasteiger partial charge in [-0.2, -0.15) is 5.10 Å². The van der Waals surface area contributed by atoms with Crippen LogP contribution in [0.4, 0.5) is 11.5 Å². The molecule has 0 radical (unpaired) electrons. The van der Waals surface area contributed by atoms with Gasteiger partial charge in [0.1, 0.15) is 30.5 Å². The van der Waals surface area contributed by atoms with Gasteiger partial charge in [-0.05, 0) is 41.5 Å². The summed E-state index contributed by atoms with van der Waals surface area (Å²) in [6, 6.07) is 18.4. The first-order chi connectivity index (χ1) is 15.5. The Kier molecular flexibility index (Phi) is 7.00. The summed E-state index contributed by atoms with van der Waals surface area (Å²) in [5.41, 5.74) is 2.90. The summed E-state index contributed by atoms with van der Waals surface area (Å²) in [4.78, 5) is 0. The van der Waals surface area contributed by atoms with Gasteiger partial charge in [0.05, 0.1) is 12.3 Å². The molecule has 1 aromatic heterocycles. The SMILES string of the molecule is OCC1OC(c2ccc(Cl)c(Cc3ccc(Nc4ccccc4)nn3)c2)C(O)C(O)C1O. The summed E-state index contributed by atoms with van der Waals surface area (Å²) in [5.74, 6) is 0.612. The number of aliphatic hydroxyl groups excluding tert-OH is 4. The van der Waals surface area contributed by atoms with Gasteiger partial charge < -0.3 is 30.5 Å². The second-order valence-corrected chi connectivity index (χ2v) is 8.09. The van der Waals surface area contributed by atoms with Crippen LogP contribution in [0.5, 0.6) is 0 Å². The number of ether oxygens (including phenoxy) is 1. The van der Waals surface area contributed by atoms with Crippen molar-refractivity contribution in [1.82, 2.24) is 10.2 Å². The van der Waals surface area contributed by atoms with Crippen molar-refractivity contribution in [3.63, 3.8) is 0 Å². The fourth-order valence-corrected chi connectivity index (χ4v) is 3.85. The van der Waals surface area contributed by atoms with E-state index in [1.54, 1.807) is 18.2 Å². The summed E-state index contributed by atoms with van der Waals surface area (Å²) in [5, 5.41) is 52.0. The van der Waals surface area contributed by atoms with Crippen molar-refractivity contribution >= 4 is 23.1 Å². The lowest BCUT2D eigenvalue weighted by Crippen LogP contribution is -2.55. The van der Waals surface area contributed by atoms with E-state index in [1.807, 2.05) is 42.5 Å². The van der Waals surface area contributed by atoms with E-state index in [1.165, 1.54) is 0 Å². The van der Waals surface area contributed by atoms with Crippen LogP contribution in [0, 0.1) is 0 Å². The highest BCUT2D eigenvalue weighted by molar-refractivity contribution is 6.31. The number of nitrogens with zero attached hydrogens (tertiary/aromatic N) is 2. The smallest absolute Gasteiger partial charge is 0.153 e. The lowest BCUT2D eigenvalue weighted by molar-refractivity contribution is -0.231. The normalized spacial score (nSPS) is 25.5. The molecule has 1 saturated heterocycles. The largest absolute Gasteiger partial charge is 0.394 e. The molecular formula is C23H24ClN3O5. The molecule has 0 amide bonds. The van der Waals surface area contributed by atoms with E-state index in [-0.39, 0.29) is 0 Å². The number of rotatable bonds is 6. The van der Waals surface area contributed by atoms with Crippen LogP contribution < -0.4 is 5.32 Å². The van der Waals surface area contributed by atoms with E-state index in [2.05, 4.69) is 15.5 Å². The zero-order valence-corrected chi connectivity index (χ0v) is 17.8. The maximum atomic E-state index is 10.4. The maximum absolute atomic E-state index is 10.4. The molecule has 5 N–H and O–H groups in total. The van der Waals surface area contributed by atoms with Crippen molar-refractivity contribution in [3.8, 4) is 0 Å². The predicted octanol–water partition coefficient (Wildman–Crippen LogP) is 1.98. The van der Waals surface area contributed by atoms with Crippen LogP contribution in [0.1, 0.15) is 22.9 Å². The molecule has 9 heteroatoms. The van der Waals surface area contributed by atoms with E-state index < -0.39 is 37.1 Å². The molecule has 3 aromatic rings. The first-order valence-corrected chi connectivity index (χ1v) is 10.6. The van der Waals surface area contributed by atoms with Crippen LogP contribution in [-0.4, -0.2) is 61.6 Å². The molecule has 8 nitrogen and oxygen atoms in total. The van der Waals surface area contributed by atoms with Crippen molar-refractivity contribution in [2.45, 2.75) is 36.9 Å². The number of para-hydroxylation sites is 1. The van der Waals surface area contributed by atoms with E-state index in [0.29, 0.717) is 28.5 Å². The van der Waals surface area contributed by atoms with Crippen LogP contribution in [0.15, 0.2) is 60.7 Å². The average molecular weight is 458 g/mol. The molecule has 5 atom stereocenters. The molecule has 1 aliphatic heterocycles. The minimum Gasteiger partial charge on any atom is -0.394 e. The third kappa shape index (κ3) is 4.91. The number of halogens is 1. The summed E-state index contributed by atoms with van der Waals surface area (Å²) in [6.07, 6.45) is -5.72. The molecule has 0 bridgehead atoms. The monoisotopic (exact) mass is 457 g/mol. The Balaban J connectivity index is 1.50. The average Bonchev–Trinajstić information content (AvgIpc) is 2.81. The number of benzene rings is 2. The molecule has 0 saturated carbocycles. The minimum atomic E-state index is -1.44. The van der Waals surface area contributed by atoms with Gasteiger partial charge >= 0.3 is 0 Å². The van der Waals surface area contributed by atoms with Gasteiger partial charge in [-0.25, -0.2) is 0 Å². The second-order valence-electron chi connectivity index (χ2n) is 7.68. The number of aliphatic hydroxyl groups is 4. The van der Waals surface area contributed by atoms with E-state index in [4.69, 9.17) is 16.3 Å². The lowest BCUT2D eigenvalue weighted by Gasteiger charge is -2.40. The molecule has 32 heavy (non-hydrogen) atoms. The number of anilines is 2. The van der Waals surface area contributed by atoms with Crippen molar-refractivity contribution < 1.29 is 25.2 Å². The third-order valence-corrected chi connectivity index (χ3v) is 5.80. The van der Waals surface area contributed by atoms with Gasteiger partial charge in [0.15, 0.2) is 5.82 Å². The Bertz CT molecular complexity index is 1040. The molecule has 168 valence electrons. The molecule has 1 aliphatic rings. The molecule has 4 rings (SSSR count). The highest BCUT2D eigenvalue weighted by Crippen LogP contribution is 2.34. The molecule has 5 unspecified atom stereocenters. The molecular weight excluding hydrogens is 434 g/mol. The van der Waals surface area contributed by atoms with Gasteiger partial charge in [0, 0.05) is 17.1 Å². The Morgan fingerprint density at radius 1 is 0.906 bits per heavy atom. The van der Waals surface area contributed by atoms with Crippen LogP contribution in [0.25, 0.3) is 0 Å². The lowest BCUT2D eigenvalue weighted by atomic mass is 9.90. The molecule has 2 heterocycles. The zero-order valence-electron chi connectivity index (χ0n) is 17.0. The zero-order chi connectivity index (χ0) is 22.7. The predicted molar refractivity (Wildman–Crippen MR) is 119 cm³/mol. The van der Waals surface area contributed by atoms with E-state index in [0.717, 1.165) is 11.3 Å². The van der Waals surface area contributed by atoms with Gasteiger partial charge in [-0.15, -0.1) is 5.10 Å². The van der Waals surface area contributed by atoms with Crippen molar-refractivity contribution in [2.75, 3.05) is 11.9 Å². The van der Waals surface area contributed by atoms with Gasteiger partial charge in [0.25, 0.3) is 0 Å². The molecule has 0 spiro atoms. The van der Waals surface area contributed by atoms with Gasteiger partial charge in [0.2, 0.25) is 0 Å². The Morgan fingerprint density at radius 2 is 1.69 bits per heavy atom. The standard InChI is InChI=1S/C23H24ClN3O5/c24-17-8-6-13(23-22(31)21(30)20(29)18(12-28)32-23)10-14(17)11-16-7-9-19(27-26-16)25-15-4-2-1-3-5-15/h1-10,18,20-23,28-31H,11-12H2,(H,25,27). The highest BCUT2D eigenvalue weighted by Gasteiger charge is 2.44. The summed E-state index contributed by atoms with van der Waals surface area (Å²) in [6.45, 7) is -0.485. The number of hydrogen-bond donors (Lipinski definition) is 5. The molecule has 2 aromatic carbocycles. The van der Waals surface area contributed by atoms with Crippen molar-refractivity contribution in [1.29, 1.82) is 0 Å². The minimum absolute atomic E-state index is 0.392. The fraction of sp³-hybridized carbons (Fsp3) is 0.304. The topological polar surface area (TPSA) is 128 Å². The van der Waals surface area contributed by atoms with Crippen molar-refractivity contribution in [2.24, 2.45) is 0 Å². The Hall–Kier alpha value is -2.59. The molecule has 0 aliphatic carbocycles.